The van der Waals surface area contributed by atoms with Crippen molar-refractivity contribution < 1.29 is 5.11 Å². The van der Waals surface area contributed by atoms with E-state index in [1.807, 2.05) is 20.2 Å². The van der Waals surface area contributed by atoms with Gasteiger partial charge in [-0.2, -0.15) is 5.10 Å². The summed E-state index contributed by atoms with van der Waals surface area (Å²) in [6.45, 7) is 4.24. The van der Waals surface area contributed by atoms with Crippen molar-refractivity contribution in [2.75, 3.05) is 0 Å². The van der Waals surface area contributed by atoms with Crippen LogP contribution in [-0.4, -0.2) is 14.9 Å². The van der Waals surface area contributed by atoms with Gasteiger partial charge in [-0.1, -0.05) is 26.2 Å². The summed E-state index contributed by atoms with van der Waals surface area (Å²) in [4.78, 5) is 0. The molecule has 96 valence electrons. The molecule has 1 aliphatic carbocycles. The Morgan fingerprint density at radius 3 is 2.88 bits per heavy atom. The van der Waals surface area contributed by atoms with Crippen LogP contribution in [0.3, 0.4) is 0 Å². The number of hydrogen-bond donors (Lipinski definition) is 1. The Morgan fingerprint density at radius 1 is 1.53 bits per heavy atom. The van der Waals surface area contributed by atoms with Crippen molar-refractivity contribution in [3.63, 3.8) is 0 Å². The molecule has 1 N–H and O–H groups in total. The summed E-state index contributed by atoms with van der Waals surface area (Å²) in [5.74, 6) is 1.23. The number of aryl methyl sites for hydroxylation is 2. The van der Waals surface area contributed by atoms with E-state index in [-0.39, 0.29) is 6.10 Å². The Kier molecular flexibility index (Phi) is 3.87. The number of aliphatic hydroxyl groups excluding tert-OH is 1. The Morgan fingerprint density at radius 2 is 2.29 bits per heavy atom. The fourth-order valence-electron chi connectivity index (χ4n) is 3.15. The molecule has 3 atom stereocenters. The quantitative estimate of drug-likeness (QED) is 0.876. The molecule has 1 heterocycles. The lowest BCUT2D eigenvalue weighted by molar-refractivity contribution is 0.0673. The molecule has 1 fully saturated rings. The Bertz CT molecular complexity index is 372. The van der Waals surface area contributed by atoms with E-state index in [1.54, 1.807) is 4.68 Å². The molecule has 1 aromatic heterocycles. The average molecular weight is 236 g/mol. The first kappa shape index (κ1) is 12.6. The standard InChI is InChI=1S/C14H24N2O/c1-4-11-6-5-7-12(8-11)14(17)13-9-16(3)15-10(13)2/h9,11-12,14,17H,4-8H2,1-3H3. The third-order valence-electron chi connectivity index (χ3n) is 4.22. The molecule has 17 heavy (non-hydrogen) atoms. The topological polar surface area (TPSA) is 38.0 Å². The summed E-state index contributed by atoms with van der Waals surface area (Å²) < 4.78 is 1.80. The molecule has 2 rings (SSSR count). The number of nitrogens with zero attached hydrogens (tertiary/aromatic N) is 2. The smallest absolute Gasteiger partial charge is 0.0851 e. The van der Waals surface area contributed by atoms with Gasteiger partial charge in [0.05, 0.1) is 11.8 Å². The van der Waals surface area contributed by atoms with Gasteiger partial charge in [-0.15, -0.1) is 0 Å². The van der Waals surface area contributed by atoms with Crippen molar-refractivity contribution >= 4 is 0 Å². The van der Waals surface area contributed by atoms with E-state index in [2.05, 4.69) is 12.0 Å². The van der Waals surface area contributed by atoms with Crippen LogP contribution < -0.4 is 0 Å². The Labute approximate surface area is 104 Å². The molecular weight excluding hydrogens is 212 g/mol. The Balaban J connectivity index is 2.08. The van der Waals surface area contributed by atoms with E-state index in [9.17, 15) is 5.11 Å². The Hall–Kier alpha value is -0.830. The lowest BCUT2D eigenvalue weighted by atomic mass is 9.76. The molecule has 3 nitrogen and oxygen atoms in total. The monoisotopic (exact) mass is 236 g/mol. The number of aliphatic hydroxyl groups is 1. The minimum Gasteiger partial charge on any atom is -0.388 e. The first-order valence-electron chi connectivity index (χ1n) is 6.80. The molecule has 0 saturated heterocycles. The summed E-state index contributed by atoms with van der Waals surface area (Å²) in [5, 5.41) is 14.8. The van der Waals surface area contributed by atoms with Crippen molar-refractivity contribution in [2.45, 2.75) is 52.1 Å². The van der Waals surface area contributed by atoms with Crippen LogP contribution in [0.2, 0.25) is 0 Å². The van der Waals surface area contributed by atoms with Crippen molar-refractivity contribution in [1.29, 1.82) is 0 Å². The predicted octanol–water partition coefficient (Wildman–Crippen LogP) is 2.98. The van der Waals surface area contributed by atoms with Crippen molar-refractivity contribution in [2.24, 2.45) is 18.9 Å². The van der Waals surface area contributed by atoms with Crippen LogP contribution in [0.25, 0.3) is 0 Å². The van der Waals surface area contributed by atoms with Gasteiger partial charge in [-0.25, -0.2) is 0 Å². The van der Waals surface area contributed by atoms with E-state index < -0.39 is 0 Å². The lowest BCUT2D eigenvalue weighted by Crippen LogP contribution is -2.21. The zero-order chi connectivity index (χ0) is 12.4. The molecule has 3 heteroatoms. The molecule has 0 spiro atoms. The molecule has 0 amide bonds. The summed E-state index contributed by atoms with van der Waals surface area (Å²) in [5.41, 5.74) is 1.99. The minimum atomic E-state index is -0.321. The summed E-state index contributed by atoms with van der Waals surface area (Å²) in [6.07, 6.45) is 7.83. The van der Waals surface area contributed by atoms with E-state index in [1.165, 1.54) is 25.7 Å². The normalized spacial score (nSPS) is 27.1. The maximum Gasteiger partial charge on any atom is 0.0851 e. The van der Waals surface area contributed by atoms with Crippen LogP contribution in [0.1, 0.15) is 56.4 Å². The van der Waals surface area contributed by atoms with Crippen molar-refractivity contribution in [3.05, 3.63) is 17.5 Å². The second kappa shape index (κ2) is 5.21. The minimum absolute atomic E-state index is 0.321. The molecule has 0 bridgehead atoms. The van der Waals surface area contributed by atoms with E-state index >= 15 is 0 Å². The lowest BCUT2D eigenvalue weighted by Gasteiger charge is -2.31. The molecular formula is C14H24N2O. The number of rotatable bonds is 3. The molecule has 0 aliphatic heterocycles. The van der Waals surface area contributed by atoms with Crippen LogP contribution in [0.5, 0.6) is 0 Å². The van der Waals surface area contributed by atoms with Gasteiger partial charge >= 0.3 is 0 Å². The van der Waals surface area contributed by atoms with Gasteiger partial charge in [0.15, 0.2) is 0 Å². The first-order valence-corrected chi connectivity index (χ1v) is 6.80. The number of aromatic nitrogens is 2. The molecule has 0 radical (unpaired) electrons. The largest absolute Gasteiger partial charge is 0.388 e. The van der Waals surface area contributed by atoms with E-state index in [4.69, 9.17) is 0 Å². The van der Waals surface area contributed by atoms with Crippen molar-refractivity contribution in [1.82, 2.24) is 9.78 Å². The molecule has 0 aromatic carbocycles. The maximum atomic E-state index is 10.5. The summed E-state index contributed by atoms with van der Waals surface area (Å²) >= 11 is 0. The maximum absolute atomic E-state index is 10.5. The van der Waals surface area contributed by atoms with Gasteiger partial charge in [0, 0.05) is 18.8 Å². The van der Waals surface area contributed by atoms with Gasteiger partial charge < -0.3 is 5.11 Å². The van der Waals surface area contributed by atoms with Gasteiger partial charge in [0.2, 0.25) is 0 Å². The zero-order valence-corrected chi connectivity index (χ0v) is 11.2. The highest BCUT2D eigenvalue weighted by Crippen LogP contribution is 2.38. The third kappa shape index (κ3) is 2.71. The summed E-state index contributed by atoms with van der Waals surface area (Å²) in [6, 6.07) is 0. The average Bonchev–Trinajstić information content (AvgIpc) is 2.67. The third-order valence-corrected chi connectivity index (χ3v) is 4.22. The van der Waals surface area contributed by atoms with Crippen LogP contribution in [-0.2, 0) is 7.05 Å². The second-order valence-electron chi connectivity index (χ2n) is 5.49. The second-order valence-corrected chi connectivity index (χ2v) is 5.49. The highest BCUT2D eigenvalue weighted by Gasteiger charge is 2.29. The van der Waals surface area contributed by atoms with Crippen molar-refractivity contribution in [3.8, 4) is 0 Å². The van der Waals surface area contributed by atoms with E-state index in [0.717, 1.165) is 23.6 Å². The highest BCUT2D eigenvalue weighted by molar-refractivity contribution is 5.19. The fourth-order valence-corrected chi connectivity index (χ4v) is 3.15. The van der Waals surface area contributed by atoms with Crippen LogP contribution in [0, 0.1) is 18.8 Å². The molecule has 1 aliphatic rings. The molecule has 3 unspecified atom stereocenters. The van der Waals surface area contributed by atoms with Crippen LogP contribution in [0.4, 0.5) is 0 Å². The van der Waals surface area contributed by atoms with Gasteiger partial charge in [0.25, 0.3) is 0 Å². The van der Waals surface area contributed by atoms with Gasteiger partial charge in [-0.05, 0) is 31.6 Å². The highest BCUT2D eigenvalue weighted by atomic mass is 16.3. The van der Waals surface area contributed by atoms with E-state index in [0.29, 0.717) is 5.92 Å². The van der Waals surface area contributed by atoms with Crippen LogP contribution >= 0.6 is 0 Å². The predicted molar refractivity (Wildman–Crippen MR) is 68.6 cm³/mol. The van der Waals surface area contributed by atoms with Gasteiger partial charge in [0.1, 0.15) is 0 Å². The van der Waals surface area contributed by atoms with Crippen LogP contribution in [0.15, 0.2) is 6.20 Å². The zero-order valence-electron chi connectivity index (χ0n) is 11.2. The molecule has 1 saturated carbocycles. The first-order chi connectivity index (χ1) is 8.11. The summed E-state index contributed by atoms with van der Waals surface area (Å²) in [7, 11) is 1.92. The number of hydrogen-bond acceptors (Lipinski definition) is 2. The fraction of sp³-hybridized carbons (Fsp3) is 0.786. The SMILES string of the molecule is CCC1CCCC(C(O)c2cn(C)nc2C)C1. The van der Waals surface area contributed by atoms with Gasteiger partial charge in [-0.3, -0.25) is 4.68 Å². The molecule has 1 aromatic rings.